The summed E-state index contributed by atoms with van der Waals surface area (Å²) in [5, 5.41) is 3.49. The number of fused-ring (bicyclic) bond motifs is 5. The molecule has 4 rings (SSSR count). The molecule has 3 fully saturated rings. The minimum Gasteiger partial charge on any atom is -0.429 e. The number of carbonyl (C=O) groups excluding carboxylic acids is 1. The summed E-state index contributed by atoms with van der Waals surface area (Å²) in [6.45, 7) is 0.268. The molecule has 1 heterocycles. The third kappa shape index (κ3) is 2.53. The van der Waals surface area contributed by atoms with Crippen LogP contribution in [0.3, 0.4) is 0 Å². The van der Waals surface area contributed by atoms with Crippen LogP contribution < -0.4 is 5.32 Å². The Bertz CT molecular complexity index is 500. The van der Waals surface area contributed by atoms with E-state index in [1.807, 2.05) is 30.3 Å². The topological polar surface area (TPSA) is 47.6 Å². The van der Waals surface area contributed by atoms with Crippen molar-refractivity contribution in [1.29, 1.82) is 0 Å². The van der Waals surface area contributed by atoms with Crippen LogP contribution in [0.4, 0.5) is 4.79 Å². The number of hydrogen-bond acceptors (Lipinski definition) is 4. The maximum Gasteiger partial charge on any atom is 0.510 e. The van der Waals surface area contributed by atoms with Gasteiger partial charge in [-0.15, -0.1) is 0 Å². The number of carbonyl (C=O) groups is 1. The molecule has 21 heavy (non-hydrogen) atoms. The molecule has 2 aliphatic carbocycles. The molecular formula is C17H21NO3. The highest BCUT2D eigenvalue weighted by Gasteiger charge is 2.52. The van der Waals surface area contributed by atoms with E-state index in [4.69, 9.17) is 9.47 Å². The Balaban J connectivity index is 1.26. The Morgan fingerprint density at radius 2 is 1.95 bits per heavy atom. The van der Waals surface area contributed by atoms with E-state index in [1.165, 1.54) is 19.3 Å². The molecule has 5 atom stereocenters. The fourth-order valence-corrected chi connectivity index (χ4v) is 4.49. The molecule has 0 unspecified atom stereocenters. The van der Waals surface area contributed by atoms with Gasteiger partial charge in [0.25, 0.3) is 0 Å². The Hall–Kier alpha value is -1.55. The lowest BCUT2D eigenvalue weighted by Crippen LogP contribution is -2.37. The zero-order valence-electron chi connectivity index (χ0n) is 12.0. The lowest BCUT2D eigenvalue weighted by atomic mass is 9.85. The highest BCUT2D eigenvalue weighted by atomic mass is 16.7. The first-order valence-corrected chi connectivity index (χ1v) is 7.93. The van der Waals surface area contributed by atoms with E-state index in [0.717, 1.165) is 23.8 Å². The van der Waals surface area contributed by atoms with E-state index in [2.05, 4.69) is 5.32 Å². The second-order valence-electron chi connectivity index (χ2n) is 6.56. The van der Waals surface area contributed by atoms with E-state index in [-0.39, 0.29) is 12.8 Å². The molecule has 4 heteroatoms. The van der Waals surface area contributed by atoms with E-state index < -0.39 is 6.16 Å². The number of ether oxygens (including phenoxy) is 2. The lowest BCUT2D eigenvalue weighted by Gasteiger charge is -2.23. The summed E-state index contributed by atoms with van der Waals surface area (Å²) in [7, 11) is 0. The second kappa shape index (κ2) is 5.34. The molecule has 0 radical (unpaired) electrons. The van der Waals surface area contributed by atoms with Crippen LogP contribution >= 0.6 is 0 Å². The molecule has 1 aromatic rings. The number of benzene rings is 1. The quantitative estimate of drug-likeness (QED) is 0.868. The first kappa shape index (κ1) is 13.1. The van der Waals surface area contributed by atoms with Crippen molar-refractivity contribution < 1.29 is 14.3 Å². The number of rotatable bonds is 3. The van der Waals surface area contributed by atoms with Crippen molar-refractivity contribution >= 4 is 6.16 Å². The molecule has 1 aromatic carbocycles. The van der Waals surface area contributed by atoms with Gasteiger partial charge >= 0.3 is 6.16 Å². The van der Waals surface area contributed by atoms with Gasteiger partial charge in [0.05, 0.1) is 0 Å². The van der Waals surface area contributed by atoms with Crippen LogP contribution in [0.1, 0.15) is 31.2 Å². The van der Waals surface area contributed by atoms with E-state index in [9.17, 15) is 4.79 Å². The van der Waals surface area contributed by atoms with Crippen LogP contribution in [0, 0.1) is 17.8 Å². The summed E-state index contributed by atoms with van der Waals surface area (Å²) in [4.78, 5) is 11.8. The SMILES string of the molecule is O=C(OCc1ccccc1)O[C@H]1C[C@@H]2[C@H]3CC[C@H](C3)[C@@H]2N1. The van der Waals surface area contributed by atoms with Gasteiger partial charge in [0.2, 0.25) is 0 Å². The highest BCUT2D eigenvalue weighted by molar-refractivity contribution is 5.60. The summed E-state index contributed by atoms with van der Waals surface area (Å²) in [5.74, 6) is 2.35. The van der Waals surface area contributed by atoms with Crippen molar-refractivity contribution in [1.82, 2.24) is 5.32 Å². The maximum absolute atomic E-state index is 11.8. The van der Waals surface area contributed by atoms with E-state index >= 15 is 0 Å². The standard InChI is InChI=1S/C17H21NO3/c19-17(20-10-11-4-2-1-3-5-11)21-15-9-14-12-6-7-13(8-12)16(14)18-15/h1-5,12-16,18H,6-10H2/t12-,13+,14+,15-,16-/m0/s1. The summed E-state index contributed by atoms with van der Waals surface area (Å²) in [6.07, 6.45) is 4.29. The summed E-state index contributed by atoms with van der Waals surface area (Å²) < 4.78 is 10.6. The third-order valence-electron chi connectivity index (χ3n) is 5.39. The van der Waals surface area contributed by atoms with Crippen LogP contribution in [-0.2, 0) is 16.1 Å². The molecule has 112 valence electrons. The van der Waals surface area contributed by atoms with Crippen molar-refractivity contribution in [3.05, 3.63) is 35.9 Å². The average molecular weight is 287 g/mol. The summed E-state index contributed by atoms with van der Waals surface area (Å²) in [6, 6.07) is 10.2. The summed E-state index contributed by atoms with van der Waals surface area (Å²) in [5.41, 5.74) is 0.976. The predicted octanol–water partition coefficient (Wildman–Crippen LogP) is 3.07. The van der Waals surface area contributed by atoms with Crippen LogP contribution in [0.2, 0.25) is 0 Å². The minimum absolute atomic E-state index is 0.160. The molecular weight excluding hydrogens is 266 g/mol. The average Bonchev–Trinajstić information content (AvgIpc) is 3.18. The fourth-order valence-electron chi connectivity index (χ4n) is 4.49. The first-order valence-electron chi connectivity index (χ1n) is 7.93. The predicted molar refractivity (Wildman–Crippen MR) is 77.4 cm³/mol. The Labute approximate surface area is 124 Å². The van der Waals surface area contributed by atoms with Gasteiger partial charge in [-0.3, -0.25) is 5.32 Å². The van der Waals surface area contributed by atoms with Gasteiger partial charge < -0.3 is 9.47 Å². The first-order chi connectivity index (χ1) is 10.3. The van der Waals surface area contributed by atoms with Crippen molar-refractivity contribution in [2.24, 2.45) is 17.8 Å². The van der Waals surface area contributed by atoms with Gasteiger partial charge in [-0.2, -0.15) is 0 Å². The molecule has 1 aliphatic heterocycles. The lowest BCUT2D eigenvalue weighted by molar-refractivity contribution is 0.0106. The monoisotopic (exact) mass is 287 g/mol. The third-order valence-corrected chi connectivity index (χ3v) is 5.39. The van der Waals surface area contributed by atoms with Gasteiger partial charge in [0.1, 0.15) is 6.61 Å². The van der Waals surface area contributed by atoms with Gasteiger partial charge in [0, 0.05) is 12.5 Å². The van der Waals surface area contributed by atoms with Crippen LogP contribution in [0.25, 0.3) is 0 Å². The zero-order valence-corrected chi connectivity index (χ0v) is 12.0. The fraction of sp³-hybridized carbons (Fsp3) is 0.588. The molecule has 0 amide bonds. The minimum atomic E-state index is -0.566. The zero-order chi connectivity index (χ0) is 14.2. The van der Waals surface area contributed by atoms with Gasteiger partial charge in [0.15, 0.2) is 6.23 Å². The Morgan fingerprint density at radius 1 is 1.14 bits per heavy atom. The Morgan fingerprint density at radius 3 is 2.76 bits per heavy atom. The number of hydrogen-bond donors (Lipinski definition) is 1. The van der Waals surface area contributed by atoms with Crippen molar-refractivity contribution in [2.75, 3.05) is 0 Å². The second-order valence-corrected chi connectivity index (χ2v) is 6.56. The highest BCUT2D eigenvalue weighted by Crippen LogP contribution is 2.52. The van der Waals surface area contributed by atoms with E-state index in [1.54, 1.807) is 0 Å². The molecule has 2 saturated carbocycles. The van der Waals surface area contributed by atoms with Gasteiger partial charge in [-0.25, -0.2) is 4.79 Å². The number of nitrogens with one attached hydrogen (secondary N) is 1. The van der Waals surface area contributed by atoms with Crippen LogP contribution in [0.15, 0.2) is 30.3 Å². The van der Waals surface area contributed by atoms with Crippen molar-refractivity contribution in [3.63, 3.8) is 0 Å². The van der Waals surface area contributed by atoms with Crippen molar-refractivity contribution in [2.45, 2.75) is 44.6 Å². The smallest absolute Gasteiger partial charge is 0.429 e. The summed E-state index contributed by atoms with van der Waals surface area (Å²) >= 11 is 0. The van der Waals surface area contributed by atoms with Gasteiger partial charge in [-0.05, 0) is 42.6 Å². The van der Waals surface area contributed by atoms with Gasteiger partial charge in [-0.1, -0.05) is 30.3 Å². The normalized spacial score (nSPS) is 36.5. The molecule has 0 aromatic heterocycles. The largest absolute Gasteiger partial charge is 0.510 e. The molecule has 3 aliphatic rings. The molecule has 2 bridgehead atoms. The molecule has 0 spiro atoms. The van der Waals surface area contributed by atoms with E-state index in [0.29, 0.717) is 12.0 Å². The molecule has 1 saturated heterocycles. The van der Waals surface area contributed by atoms with Crippen LogP contribution in [0.5, 0.6) is 0 Å². The Kier molecular flexibility index (Phi) is 3.34. The van der Waals surface area contributed by atoms with Crippen LogP contribution in [-0.4, -0.2) is 18.4 Å². The molecule has 1 N–H and O–H groups in total. The van der Waals surface area contributed by atoms with Crippen molar-refractivity contribution in [3.8, 4) is 0 Å². The maximum atomic E-state index is 11.8. The molecule has 4 nitrogen and oxygen atoms in total.